The molecule has 27 heavy (non-hydrogen) atoms. The molecular formula is C20H28FN5O. The Morgan fingerprint density at radius 3 is 2.74 bits per heavy atom. The number of aliphatic hydroxyl groups excluding tert-OH is 1. The van der Waals surface area contributed by atoms with Crippen LogP contribution in [0.2, 0.25) is 0 Å². The summed E-state index contributed by atoms with van der Waals surface area (Å²) in [6, 6.07) is 5.49. The van der Waals surface area contributed by atoms with E-state index in [9.17, 15) is 9.50 Å². The number of aliphatic imine (C=N–C) groups is 1. The lowest BCUT2D eigenvalue weighted by Gasteiger charge is -2.27. The maximum absolute atomic E-state index is 14.5. The first-order valence-corrected chi connectivity index (χ1v) is 9.58. The van der Waals surface area contributed by atoms with E-state index in [1.165, 1.54) is 6.07 Å². The molecule has 0 spiro atoms. The molecule has 1 aromatic heterocycles. The van der Waals surface area contributed by atoms with Crippen LogP contribution in [0.15, 0.2) is 35.6 Å². The molecule has 2 aromatic rings. The lowest BCUT2D eigenvalue weighted by Crippen LogP contribution is -2.45. The maximum Gasteiger partial charge on any atom is 0.191 e. The molecule has 1 heterocycles. The van der Waals surface area contributed by atoms with E-state index in [0.29, 0.717) is 18.3 Å². The van der Waals surface area contributed by atoms with Gasteiger partial charge < -0.3 is 20.3 Å². The van der Waals surface area contributed by atoms with Crippen LogP contribution >= 0.6 is 0 Å². The molecule has 1 aromatic carbocycles. The monoisotopic (exact) mass is 373 g/mol. The van der Waals surface area contributed by atoms with Crippen LogP contribution in [-0.2, 0) is 6.54 Å². The maximum atomic E-state index is 14.5. The molecule has 146 valence electrons. The third-order valence-corrected chi connectivity index (χ3v) is 4.90. The van der Waals surface area contributed by atoms with Gasteiger partial charge in [-0.25, -0.2) is 14.4 Å². The summed E-state index contributed by atoms with van der Waals surface area (Å²) in [6.45, 7) is 5.01. The molecule has 6 nitrogen and oxygen atoms in total. The van der Waals surface area contributed by atoms with E-state index in [-0.39, 0.29) is 11.9 Å². The van der Waals surface area contributed by atoms with Crippen molar-refractivity contribution in [1.82, 2.24) is 20.2 Å². The van der Waals surface area contributed by atoms with Crippen molar-refractivity contribution in [1.29, 1.82) is 0 Å². The van der Waals surface area contributed by atoms with Crippen molar-refractivity contribution in [2.75, 3.05) is 6.54 Å². The normalized spacial score (nSPS) is 20.5. The third-order valence-electron chi connectivity index (χ3n) is 4.90. The highest BCUT2D eigenvalue weighted by molar-refractivity contribution is 5.80. The first kappa shape index (κ1) is 19.4. The van der Waals surface area contributed by atoms with Crippen molar-refractivity contribution in [3.63, 3.8) is 0 Å². The number of halogens is 1. The van der Waals surface area contributed by atoms with Gasteiger partial charge in [-0.2, -0.15) is 0 Å². The van der Waals surface area contributed by atoms with Crippen LogP contribution in [-0.4, -0.2) is 39.3 Å². The largest absolute Gasteiger partial charge is 0.393 e. The van der Waals surface area contributed by atoms with Crippen LogP contribution in [0.5, 0.6) is 0 Å². The zero-order valence-corrected chi connectivity index (χ0v) is 16.0. The molecule has 7 heteroatoms. The first-order valence-electron chi connectivity index (χ1n) is 9.58. The Morgan fingerprint density at radius 1 is 1.33 bits per heavy atom. The second kappa shape index (κ2) is 8.99. The van der Waals surface area contributed by atoms with Crippen molar-refractivity contribution in [3.8, 4) is 5.69 Å². The van der Waals surface area contributed by atoms with Crippen molar-refractivity contribution in [2.45, 2.75) is 58.2 Å². The fourth-order valence-electron chi connectivity index (χ4n) is 3.38. The van der Waals surface area contributed by atoms with E-state index < -0.39 is 0 Å². The molecule has 0 radical (unpaired) electrons. The highest BCUT2D eigenvalue weighted by Gasteiger charge is 2.20. The number of benzene rings is 1. The smallest absolute Gasteiger partial charge is 0.191 e. The average Bonchev–Trinajstić information content (AvgIpc) is 3.07. The summed E-state index contributed by atoms with van der Waals surface area (Å²) in [5.41, 5.74) is 1.30. The van der Waals surface area contributed by atoms with Gasteiger partial charge in [-0.1, -0.05) is 6.07 Å². The highest BCUT2D eigenvalue weighted by atomic mass is 19.1. The zero-order chi connectivity index (χ0) is 19.2. The minimum atomic E-state index is -0.289. The van der Waals surface area contributed by atoms with Gasteiger partial charge in [0, 0.05) is 25.0 Å². The number of guanidine groups is 1. The third kappa shape index (κ3) is 5.07. The van der Waals surface area contributed by atoms with Crippen molar-refractivity contribution in [2.24, 2.45) is 4.99 Å². The lowest BCUT2D eigenvalue weighted by atomic mass is 9.93. The summed E-state index contributed by atoms with van der Waals surface area (Å²) in [5.74, 6) is 1.19. The summed E-state index contributed by atoms with van der Waals surface area (Å²) >= 11 is 0. The number of nitrogens with zero attached hydrogens (tertiary/aromatic N) is 3. The number of aryl methyl sites for hydroxylation is 1. The molecule has 0 unspecified atom stereocenters. The molecule has 0 atom stereocenters. The van der Waals surface area contributed by atoms with Gasteiger partial charge in [0.1, 0.15) is 11.6 Å². The number of hydrogen-bond acceptors (Lipinski definition) is 3. The molecule has 3 rings (SSSR count). The number of nitrogens with one attached hydrogen (secondary N) is 2. The molecule has 0 bridgehead atoms. The predicted octanol–water partition coefficient (Wildman–Crippen LogP) is 2.68. The molecule has 1 fully saturated rings. The highest BCUT2D eigenvalue weighted by Crippen LogP contribution is 2.19. The Bertz CT molecular complexity index is 780. The zero-order valence-electron chi connectivity index (χ0n) is 16.0. The van der Waals surface area contributed by atoms with Crippen LogP contribution in [0.3, 0.4) is 0 Å². The summed E-state index contributed by atoms with van der Waals surface area (Å²) in [7, 11) is 0. The number of rotatable bonds is 5. The molecule has 0 saturated heterocycles. The van der Waals surface area contributed by atoms with E-state index >= 15 is 0 Å². The lowest BCUT2D eigenvalue weighted by molar-refractivity contribution is 0.120. The first-order chi connectivity index (χ1) is 13.1. The summed E-state index contributed by atoms with van der Waals surface area (Å²) in [5, 5.41) is 16.3. The van der Waals surface area contributed by atoms with Gasteiger partial charge in [-0.3, -0.25) is 0 Å². The van der Waals surface area contributed by atoms with E-state index in [1.807, 2.05) is 19.9 Å². The van der Waals surface area contributed by atoms with E-state index in [4.69, 9.17) is 0 Å². The second-order valence-corrected chi connectivity index (χ2v) is 6.98. The fourth-order valence-corrected chi connectivity index (χ4v) is 3.38. The van der Waals surface area contributed by atoms with Gasteiger partial charge in [-0.15, -0.1) is 0 Å². The topological polar surface area (TPSA) is 74.5 Å². The predicted molar refractivity (Wildman–Crippen MR) is 104 cm³/mol. The van der Waals surface area contributed by atoms with Crippen LogP contribution < -0.4 is 10.6 Å². The Balaban J connectivity index is 1.67. The van der Waals surface area contributed by atoms with E-state index in [2.05, 4.69) is 20.6 Å². The molecule has 3 N–H and O–H groups in total. The van der Waals surface area contributed by atoms with Gasteiger partial charge >= 0.3 is 0 Å². The SMILES string of the molecule is CCNC(=NCc1ccc(-n2ccnc2C)c(F)c1)NC1CCC(O)CC1. The van der Waals surface area contributed by atoms with Gasteiger partial charge in [0.25, 0.3) is 0 Å². The van der Waals surface area contributed by atoms with Crippen molar-refractivity contribution in [3.05, 3.63) is 47.8 Å². The van der Waals surface area contributed by atoms with Gasteiger partial charge in [0.15, 0.2) is 5.96 Å². The Kier molecular flexibility index (Phi) is 6.45. The molecule has 0 aliphatic heterocycles. The summed E-state index contributed by atoms with van der Waals surface area (Å²) in [6.07, 6.45) is 6.72. The number of aromatic nitrogens is 2. The summed E-state index contributed by atoms with van der Waals surface area (Å²) < 4.78 is 16.3. The van der Waals surface area contributed by atoms with Crippen LogP contribution in [0.25, 0.3) is 5.69 Å². The number of aliphatic hydroxyl groups is 1. The Labute approximate surface area is 159 Å². The van der Waals surface area contributed by atoms with Crippen LogP contribution in [0.4, 0.5) is 4.39 Å². The molecule has 1 aliphatic carbocycles. The second-order valence-electron chi connectivity index (χ2n) is 6.98. The van der Waals surface area contributed by atoms with E-state index in [1.54, 1.807) is 23.0 Å². The van der Waals surface area contributed by atoms with Crippen LogP contribution in [0.1, 0.15) is 44.0 Å². The Morgan fingerprint density at radius 2 is 2.11 bits per heavy atom. The van der Waals surface area contributed by atoms with Crippen LogP contribution in [0, 0.1) is 12.7 Å². The Hall–Kier alpha value is -2.41. The van der Waals surface area contributed by atoms with Gasteiger partial charge in [0.2, 0.25) is 0 Å². The molecule has 0 amide bonds. The van der Waals surface area contributed by atoms with E-state index in [0.717, 1.165) is 49.6 Å². The standard InChI is InChI=1S/C20H28FN5O/c1-3-22-20(25-16-5-7-17(27)8-6-16)24-13-15-4-9-19(18(21)12-15)26-11-10-23-14(26)2/h4,9-12,16-17,27H,3,5-8,13H2,1-2H3,(H2,22,24,25). The molecule has 1 saturated carbocycles. The van der Waals surface area contributed by atoms with Gasteiger partial charge in [-0.05, 0) is 57.2 Å². The van der Waals surface area contributed by atoms with Crippen molar-refractivity contribution >= 4 is 5.96 Å². The number of hydrogen-bond donors (Lipinski definition) is 3. The fraction of sp³-hybridized carbons (Fsp3) is 0.500. The van der Waals surface area contributed by atoms with Gasteiger partial charge in [0.05, 0.1) is 18.3 Å². The van der Waals surface area contributed by atoms with Crippen molar-refractivity contribution < 1.29 is 9.50 Å². The average molecular weight is 373 g/mol. The summed E-state index contributed by atoms with van der Waals surface area (Å²) in [4.78, 5) is 8.73. The quantitative estimate of drug-likeness (QED) is 0.556. The minimum absolute atomic E-state index is 0.178. The molecular weight excluding hydrogens is 345 g/mol. The molecule has 1 aliphatic rings. The number of imidazole rings is 1. The minimum Gasteiger partial charge on any atom is -0.393 e.